The van der Waals surface area contributed by atoms with Crippen LogP contribution in [-0.4, -0.2) is 5.78 Å². The number of carbonyl (C=O) groups is 1. The summed E-state index contributed by atoms with van der Waals surface area (Å²) in [5.74, 6) is 0.0859. The molecule has 1 rings (SSSR count). The summed E-state index contributed by atoms with van der Waals surface area (Å²) in [6, 6.07) is 2.03. The van der Waals surface area contributed by atoms with Gasteiger partial charge >= 0.3 is 0 Å². The molecule has 0 amide bonds. The number of rotatable bonds is 3. The highest BCUT2D eigenvalue weighted by Gasteiger charge is 1.99. The molecule has 11 heavy (non-hydrogen) atoms. The topological polar surface area (TPSA) is 17.1 Å². The van der Waals surface area contributed by atoms with Crippen molar-refractivity contribution in [2.45, 2.75) is 13.3 Å². The average molecular weight is 166 g/mol. The van der Waals surface area contributed by atoms with Gasteiger partial charge in [-0.15, -0.1) is 11.3 Å². The van der Waals surface area contributed by atoms with E-state index in [2.05, 4.69) is 6.58 Å². The van der Waals surface area contributed by atoms with Crippen molar-refractivity contribution >= 4 is 17.1 Å². The second-order valence-corrected chi connectivity index (χ2v) is 3.53. The van der Waals surface area contributed by atoms with E-state index < -0.39 is 0 Å². The number of ketones is 1. The molecule has 0 atom stereocenters. The number of hydrogen-bond acceptors (Lipinski definition) is 2. The van der Waals surface area contributed by atoms with Crippen molar-refractivity contribution in [2.75, 3.05) is 0 Å². The fourth-order valence-corrected chi connectivity index (χ4v) is 1.57. The third-order valence-electron chi connectivity index (χ3n) is 1.39. The fourth-order valence-electron chi connectivity index (χ4n) is 0.864. The molecule has 58 valence electrons. The lowest BCUT2D eigenvalue weighted by Gasteiger charge is -1.88. The Labute approximate surface area is 70.4 Å². The van der Waals surface area contributed by atoms with Crippen LogP contribution in [0, 0.1) is 6.92 Å². The summed E-state index contributed by atoms with van der Waals surface area (Å²) in [4.78, 5) is 12.1. The average Bonchev–Trinajstić information content (AvgIpc) is 2.35. The standard InChI is InChI=1S/C9H10OS/c1-3-9(10)5-8-4-7(2)11-6-8/h3-4,6H,1,5H2,2H3. The van der Waals surface area contributed by atoms with Crippen LogP contribution in [0.25, 0.3) is 0 Å². The van der Waals surface area contributed by atoms with Crippen LogP contribution in [0.4, 0.5) is 0 Å². The van der Waals surface area contributed by atoms with Gasteiger partial charge < -0.3 is 0 Å². The van der Waals surface area contributed by atoms with Crippen LogP contribution < -0.4 is 0 Å². The van der Waals surface area contributed by atoms with Gasteiger partial charge in [-0.1, -0.05) is 6.58 Å². The molecular formula is C9H10OS. The number of hydrogen-bond donors (Lipinski definition) is 0. The number of aryl methyl sites for hydroxylation is 1. The Morgan fingerprint density at radius 2 is 2.55 bits per heavy atom. The molecule has 0 saturated carbocycles. The SMILES string of the molecule is C=CC(=O)Cc1csc(C)c1. The van der Waals surface area contributed by atoms with E-state index in [9.17, 15) is 4.79 Å². The molecule has 0 fully saturated rings. The molecular weight excluding hydrogens is 156 g/mol. The van der Waals surface area contributed by atoms with Crippen molar-refractivity contribution in [3.05, 3.63) is 34.5 Å². The van der Waals surface area contributed by atoms with Crippen molar-refractivity contribution < 1.29 is 4.79 Å². The van der Waals surface area contributed by atoms with Gasteiger partial charge in [-0.3, -0.25) is 4.79 Å². The summed E-state index contributed by atoms with van der Waals surface area (Å²) in [6.45, 7) is 5.45. The Bertz CT molecular complexity index is 273. The first kappa shape index (κ1) is 8.21. The molecule has 0 radical (unpaired) electrons. The Morgan fingerprint density at radius 1 is 1.82 bits per heavy atom. The molecule has 0 aromatic carbocycles. The molecule has 0 unspecified atom stereocenters. The highest BCUT2D eigenvalue weighted by Crippen LogP contribution is 2.13. The van der Waals surface area contributed by atoms with Crippen molar-refractivity contribution in [2.24, 2.45) is 0 Å². The lowest BCUT2D eigenvalue weighted by molar-refractivity contribution is -0.114. The van der Waals surface area contributed by atoms with E-state index in [1.807, 2.05) is 18.4 Å². The van der Waals surface area contributed by atoms with Crippen LogP contribution in [0.2, 0.25) is 0 Å². The molecule has 1 aromatic rings. The van der Waals surface area contributed by atoms with Gasteiger partial charge in [-0.05, 0) is 30.0 Å². The maximum absolute atomic E-state index is 10.9. The molecule has 0 saturated heterocycles. The maximum Gasteiger partial charge on any atom is 0.159 e. The number of thiophene rings is 1. The number of allylic oxidation sites excluding steroid dienone is 1. The van der Waals surface area contributed by atoms with E-state index in [1.54, 1.807) is 11.3 Å². The molecule has 2 heteroatoms. The minimum Gasteiger partial charge on any atom is -0.295 e. The summed E-state index contributed by atoms with van der Waals surface area (Å²) in [7, 11) is 0. The normalized spacial score (nSPS) is 9.55. The second kappa shape index (κ2) is 3.49. The van der Waals surface area contributed by atoms with E-state index in [1.165, 1.54) is 11.0 Å². The largest absolute Gasteiger partial charge is 0.295 e. The zero-order chi connectivity index (χ0) is 8.27. The summed E-state index contributed by atoms with van der Waals surface area (Å²) in [5.41, 5.74) is 1.09. The van der Waals surface area contributed by atoms with E-state index in [0.717, 1.165) is 5.56 Å². The fraction of sp³-hybridized carbons (Fsp3) is 0.222. The molecule has 0 spiro atoms. The van der Waals surface area contributed by atoms with Crippen molar-refractivity contribution in [1.29, 1.82) is 0 Å². The third kappa shape index (κ3) is 2.31. The quantitative estimate of drug-likeness (QED) is 0.630. The van der Waals surface area contributed by atoms with Crippen LogP contribution in [0.1, 0.15) is 10.4 Å². The third-order valence-corrected chi connectivity index (χ3v) is 2.30. The lowest BCUT2D eigenvalue weighted by Crippen LogP contribution is -1.95. The Morgan fingerprint density at radius 3 is 3.00 bits per heavy atom. The Kier molecular flexibility index (Phi) is 2.60. The van der Waals surface area contributed by atoms with Gasteiger partial charge in [-0.25, -0.2) is 0 Å². The predicted octanol–water partition coefficient (Wildman–Crippen LogP) is 2.35. The van der Waals surface area contributed by atoms with E-state index in [0.29, 0.717) is 6.42 Å². The first-order chi connectivity index (χ1) is 5.22. The Balaban J connectivity index is 2.64. The van der Waals surface area contributed by atoms with Crippen LogP contribution in [-0.2, 0) is 11.2 Å². The minimum absolute atomic E-state index is 0.0859. The van der Waals surface area contributed by atoms with Crippen LogP contribution in [0.3, 0.4) is 0 Å². The van der Waals surface area contributed by atoms with Crippen LogP contribution in [0.5, 0.6) is 0 Å². The van der Waals surface area contributed by atoms with E-state index >= 15 is 0 Å². The summed E-state index contributed by atoms with van der Waals surface area (Å²) >= 11 is 1.67. The number of carbonyl (C=O) groups excluding carboxylic acids is 1. The first-order valence-electron chi connectivity index (χ1n) is 3.41. The minimum atomic E-state index is 0.0859. The van der Waals surface area contributed by atoms with Gasteiger partial charge in [0, 0.05) is 11.3 Å². The van der Waals surface area contributed by atoms with Gasteiger partial charge in [0.15, 0.2) is 5.78 Å². The first-order valence-corrected chi connectivity index (χ1v) is 4.29. The summed E-state index contributed by atoms with van der Waals surface area (Å²) in [5, 5.41) is 2.01. The highest BCUT2D eigenvalue weighted by molar-refractivity contribution is 7.10. The van der Waals surface area contributed by atoms with Gasteiger partial charge in [0.2, 0.25) is 0 Å². The van der Waals surface area contributed by atoms with Gasteiger partial charge in [-0.2, -0.15) is 0 Å². The highest BCUT2D eigenvalue weighted by atomic mass is 32.1. The molecule has 1 aromatic heterocycles. The van der Waals surface area contributed by atoms with Crippen LogP contribution >= 0.6 is 11.3 Å². The van der Waals surface area contributed by atoms with Gasteiger partial charge in [0.25, 0.3) is 0 Å². The molecule has 1 heterocycles. The zero-order valence-corrected chi connectivity index (χ0v) is 7.28. The predicted molar refractivity (Wildman–Crippen MR) is 48.0 cm³/mol. The van der Waals surface area contributed by atoms with Crippen molar-refractivity contribution in [3.8, 4) is 0 Å². The monoisotopic (exact) mass is 166 g/mol. The summed E-state index contributed by atoms with van der Waals surface area (Å²) in [6.07, 6.45) is 1.86. The van der Waals surface area contributed by atoms with Gasteiger partial charge in [0.1, 0.15) is 0 Å². The molecule has 0 aliphatic rings. The van der Waals surface area contributed by atoms with Gasteiger partial charge in [0.05, 0.1) is 0 Å². The second-order valence-electron chi connectivity index (χ2n) is 2.41. The van der Waals surface area contributed by atoms with Crippen LogP contribution in [0.15, 0.2) is 24.1 Å². The molecule has 0 aliphatic carbocycles. The molecule has 0 bridgehead atoms. The Hall–Kier alpha value is -0.890. The maximum atomic E-state index is 10.9. The smallest absolute Gasteiger partial charge is 0.159 e. The molecule has 1 nitrogen and oxygen atoms in total. The van der Waals surface area contributed by atoms with Crippen molar-refractivity contribution in [3.63, 3.8) is 0 Å². The summed E-state index contributed by atoms with van der Waals surface area (Å²) < 4.78 is 0. The van der Waals surface area contributed by atoms with Crippen molar-refractivity contribution in [1.82, 2.24) is 0 Å². The zero-order valence-electron chi connectivity index (χ0n) is 6.46. The van der Waals surface area contributed by atoms with E-state index in [4.69, 9.17) is 0 Å². The molecule has 0 N–H and O–H groups in total. The molecule has 0 aliphatic heterocycles. The van der Waals surface area contributed by atoms with E-state index in [-0.39, 0.29) is 5.78 Å². The lowest BCUT2D eigenvalue weighted by atomic mass is 10.2.